The number of fused-ring (bicyclic) bond motifs is 1. The summed E-state index contributed by atoms with van der Waals surface area (Å²) in [4.78, 5) is 17.1. The molecule has 0 amide bonds. The number of hydrogen-bond donors (Lipinski definition) is 0. The quantitative estimate of drug-likeness (QED) is 0.630. The lowest BCUT2D eigenvalue weighted by atomic mass is 10.4. The molecule has 3 rings (SSSR count). The van der Waals surface area contributed by atoms with Crippen LogP contribution in [0.3, 0.4) is 0 Å². The van der Waals surface area contributed by atoms with Crippen molar-refractivity contribution in [2.75, 3.05) is 0 Å². The van der Waals surface area contributed by atoms with Gasteiger partial charge in [-0.25, -0.2) is 15.0 Å². The zero-order valence-electron chi connectivity index (χ0n) is 9.92. The monoisotopic (exact) mass is 259 g/mol. The van der Waals surface area contributed by atoms with Crippen LogP contribution in [-0.4, -0.2) is 24.3 Å². The predicted molar refractivity (Wildman–Crippen MR) is 68.5 cm³/mol. The van der Waals surface area contributed by atoms with Crippen molar-refractivity contribution in [3.8, 4) is 11.5 Å². The van der Waals surface area contributed by atoms with E-state index >= 15 is 0 Å². The van der Waals surface area contributed by atoms with Crippen LogP contribution in [-0.2, 0) is 0 Å². The smallest absolute Gasteiger partial charge is 0.179 e. The fourth-order valence-electron chi connectivity index (χ4n) is 1.80. The zero-order chi connectivity index (χ0) is 12.7. The average Bonchev–Trinajstić information content (AvgIpc) is 2.70. The average molecular weight is 260 g/mol. The molecule has 0 fully saturated rings. The Hall–Kier alpha value is -2.01. The van der Waals surface area contributed by atoms with E-state index in [1.54, 1.807) is 18.5 Å². The standard InChI is InChI=1S/C12H10ClN5/c1-7-3-10(13)17-12(16-7)9-4-15-11-5-14-8(2)6-18(9)11/h3-6H,1-2H3. The molecule has 0 spiro atoms. The molecule has 0 N–H and O–H groups in total. The summed E-state index contributed by atoms with van der Waals surface area (Å²) in [5.41, 5.74) is 3.30. The molecule has 0 aliphatic rings. The molecule has 3 aromatic heterocycles. The molecule has 0 aliphatic carbocycles. The molecule has 0 atom stereocenters. The van der Waals surface area contributed by atoms with Gasteiger partial charge in [-0.1, -0.05) is 11.6 Å². The van der Waals surface area contributed by atoms with Crippen molar-refractivity contribution >= 4 is 17.2 Å². The highest BCUT2D eigenvalue weighted by molar-refractivity contribution is 6.29. The minimum Gasteiger partial charge on any atom is -0.294 e. The minimum absolute atomic E-state index is 0.429. The molecule has 3 aromatic rings. The van der Waals surface area contributed by atoms with Gasteiger partial charge in [-0.3, -0.25) is 9.38 Å². The number of nitrogens with zero attached hydrogens (tertiary/aromatic N) is 5. The van der Waals surface area contributed by atoms with E-state index in [1.165, 1.54) is 0 Å². The Kier molecular flexibility index (Phi) is 2.48. The molecule has 0 aliphatic heterocycles. The summed E-state index contributed by atoms with van der Waals surface area (Å²) >= 11 is 5.96. The molecule has 0 unspecified atom stereocenters. The lowest BCUT2D eigenvalue weighted by Crippen LogP contribution is -1.97. The molecule has 6 heteroatoms. The van der Waals surface area contributed by atoms with Crippen LogP contribution in [0.25, 0.3) is 17.2 Å². The summed E-state index contributed by atoms with van der Waals surface area (Å²) in [7, 11) is 0. The van der Waals surface area contributed by atoms with Crippen LogP contribution in [0.4, 0.5) is 0 Å². The Morgan fingerprint density at radius 2 is 1.89 bits per heavy atom. The molecule has 0 aromatic carbocycles. The van der Waals surface area contributed by atoms with Gasteiger partial charge in [0.2, 0.25) is 0 Å². The van der Waals surface area contributed by atoms with Gasteiger partial charge in [0.05, 0.1) is 18.1 Å². The highest BCUT2D eigenvalue weighted by Crippen LogP contribution is 2.19. The van der Waals surface area contributed by atoms with Crippen molar-refractivity contribution in [3.63, 3.8) is 0 Å². The zero-order valence-corrected chi connectivity index (χ0v) is 10.7. The summed E-state index contributed by atoms with van der Waals surface area (Å²) in [5, 5.41) is 0.429. The first-order chi connectivity index (χ1) is 8.63. The van der Waals surface area contributed by atoms with Gasteiger partial charge in [0.1, 0.15) is 10.8 Å². The van der Waals surface area contributed by atoms with Crippen LogP contribution < -0.4 is 0 Å². The highest BCUT2D eigenvalue weighted by Gasteiger charge is 2.10. The molecule has 0 saturated carbocycles. The van der Waals surface area contributed by atoms with Crippen molar-refractivity contribution in [1.82, 2.24) is 24.3 Å². The third-order valence-electron chi connectivity index (χ3n) is 2.58. The summed E-state index contributed by atoms with van der Waals surface area (Å²) in [5.74, 6) is 0.568. The van der Waals surface area contributed by atoms with Crippen LogP contribution >= 0.6 is 11.6 Å². The van der Waals surface area contributed by atoms with Gasteiger partial charge in [0, 0.05) is 11.9 Å². The maximum absolute atomic E-state index is 5.96. The molecular formula is C12H10ClN5. The van der Waals surface area contributed by atoms with E-state index in [0.29, 0.717) is 11.0 Å². The van der Waals surface area contributed by atoms with Crippen LogP contribution in [0, 0.1) is 13.8 Å². The molecule has 3 heterocycles. The van der Waals surface area contributed by atoms with Crippen molar-refractivity contribution < 1.29 is 0 Å². The number of rotatable bonds is 1. The van der Waals surface area contributed by atoms with E-state index in [0.717, 1.165) is 22.7 Å². The van der Waals surface area contributed by atoms with Gasteiger partial charge >= 0.3 is 0 Å². The van der Waals surface area contributed by atoms with Gasteiger partial charge in [-0.05, 0) is 19.9 Å². The summed E-state index contributed by atoms with van der Waals surface area (Å²) in [6.45, 7) is 3.81. The summed E-state index contributed by atoms with van der Waals surface area (Å²) in [6, 6.07) is 1.72. The molecular weight excluding hydrogens is 250 g/mol. The van der Waals surface area contributed by atoms with Crippen LogP contribution in [0.2, 0.25) is 5.15 Å². The maximum Gasteiger partial charge on any atom is 0.179 e. The van der Waals surface area contributed by atoms with Crippen LogP contribution in [0.1, 0.15) is 11.4 Å². The molecule has 18 heavy (non-hydrogen) atoms. The fraction of sp³-hybridized carbons (Fsp3) is 0.167. The first-order valence-corrected chi connectivity index (χ1v) is 5.82. The number of aromatic nitrogens is 5. The number of halogens is 1. The van der Waals surface area contributed by atoms with Crippen LogP contribution in [0.15, 0.2) is 24.7 Å². The molecule has 0 radical (unpaired) electrons. The van der Waals surface area contributed by atoms with E-state index in [2.05, 4.69) is 19.9 Å². The second-order valence-corrected chi connectivity index (χ2v) is 4.44. The summed E-state index contributed by atoms with van der Waals surface area (Å²) < 4.78 is 1.91. The van der Waals surface area contributed by atoms with Crippen molar-refractivity contribution in [1.29, 1.82) is 0 Å². The van der Waals surface area contributed by atoms with Gasteiger partial charge in [0.25, 0.3) is 0 Å². The SMILES string of the molecule is Cc1cn2c(-c3nc(C)cc(Cl)n3)cnc2cn1. The predicted octanol–water partition coefficient (Wildman–Crippen LogP) is 2.46. The molecule has 5 nitrogen and oxygen atoms in total. The van der Waals surface area contributed by atoms with Crippen LogP contribution in [0.5, 0.6) is 0 Å². The molecule has 0 bridgehead atoms. The van der Waals surface area contributed by atoms with E-state index in [4.69, 9.17) is 11.6 Å². The number of imidazole rings is 1. The number of aryl methyl sites for hydroxylation is 2. The molecule has 0 saturated heterocycles. The second-order valence-electron chi connectivity index (χ2n) is 4.06. The van der Waals surface area contributed by atoms with Crippen molar-refractivity contribution in [2.24, 2.45) is 0 Å². The summed E-state index contributed by atoms with van der Waals surface area (Å²) in [6.07, 6.45) is 5.34. The van der Waals surface area contributed by atoms with E-state index < -0.39 is 0 Å². The Morgan fingerprint density at radius 3 is 2.67 bits per heavy atom. The Labute approximate surface area is 109 Å². The second kappa shape index (κ2) is 4.03. The van der Waals surface area contributed by atoms with Gasteiger partial charge in [-0.2, -0.15) is 0 Å². The van der Waals surface area contributed by atoms with Crippen molar-refractivity contribution in [3.05, 3.63) is 41.2 Å². The lowest BCUT2D eigenvalue weighted by molar-refractivity contribution is 1.04. The third kappa shape index (κ3) is 1.82. The van der Waals surface area contributed by atoms with Gasteiger partial charge in [0.15, 0.2) is 11.5 Å². The third-order valence-corrected chi connectivity index (χ3v) is 2.77. The maximum atomic E-state index is 5.96. The number of hydrogen-bond acceptors (Lipinski definition) is 4. The minimum atomic E-state index is 0.429. The first kappa shape index (κ1) is 11.1. The van der Waals surface area contributed by atoms with Gasteiger partial charge < -0.3 is 0 Å². The Balaban J connectivity index is 2.27. The van der Waals surface area contributed by atoms with E-state index in [9.17, 15) is 0 Å². The topological polar surface area (TPSA) is 56.0 Å². The fourth-order valence-corrected chi connectivity index (χ4v) is 2.03. The first-order valence-electron chi connectivity index (χ1n) is 5.45. The highest BCUT2D eigenvalue weighted by atomic mass is 35.5. The largest absolute Gasteiger partial charge is 0.294 e. The van der Waals surface area contributed by atoms with Gasteiger partial charge in [-0.15, -0.1) is 0 Å². The van der Waals surface area contributed by atoms with E-state index in [-0.39, 0.29) is 0 Å². The van der Waals surface area contributed by atoms with E-state index in [1.807, 2.05) is 24.4 Å². The normalized spacial score (nSPS) is 11.1. The van der Waals surface area contributed by atoms with Crippen molar-refractivity contribution in [2.45, 2.75) is 13.8 Å². The lowest BCUT2D eigenvalue weighted by Gasteiger charge is -2.03. The Bertz CT molecular complexity index is 714. The molecule has 90 valence electrons. The Morgan fingerprint density at radius 1 is 1.06 bits per heavy atom.